The number of nitrogens with zero attached hydrogens (tertiary/aromatic N) is 3. The summed E-state index contributed by atoms with van der Waals surface area (Å²) in [6, 6.07) is 5.62. The maximum atomic E-state index is 8.74. The third-order valence-electron chi connectivity index (χ3n) is 1.93. The van der Waals surface area contributed by atoms with Crippen molar-refractivity contribution in [2.45, 2.75) is 5.50 Å². The molecular formula is C9H5BrClN3. The summed E-state index contributed by atoms with van der Waals surface area (Å²) in [5.41, 5.74) is 1.18. The summed E-state index contributed by atoms with van der Waals surface area (Å²) in [5, 5.41) is 8.74. The Hall–Kier alpha value is -1.05. The van der Waals surface area contributed by atoms with Crippen molar-refractivity contribution in [1.29, 1.82) is 5.26 Å². The Kier molecular flexibility index (Phi) is 2.44. The van der Waals surface area contributed by atoms with Crippen LogP contribution in [0.5, 0.6) is 0 Å². The van der Waals surface area contributed by atoms with Gasteiger partial charge in [-0.1, -0.05) is 27.5 Å². The minimum absolute atomic E-state index is 0.468. The highest BCUT2D eigenvalue weighted by Crippen LogP contribution is 2.36. The van der Waals surface area contributed by atoms with Crippen LogP contribution in [0, 0.1) is 11.5 Å². The Morgan fingerprint density at radius 1 is 1.57 bits per heavy atom. The van der Waals surface area contributed by atoms with Crippen LogP contribution in [0.1, 0.15) is 11.1 Å². The first-order valence-electron chi connectivity index (χ1n) is 3.88. The largest absolute Gasteiger partial charge is 0.247 e. The molecule has 0 spiro atoms. The van der Waals surface area contributed by atoms with Crippen molar-refractivity contribution in [2.75, 3.05) is 0 Å². The second kappa shape index (κ2) is 3.60. The molecular weight excluding hydrogens is 265 g/mol. The molecule has 14 heavy (non-hydrogen) atoms. The van der Waals surface area contributed by atoms with Gasteiger partial charge in [0.25, 0.3) is 0 Å². The summed E-state index contributed by atoms with van der Waals surface area (Å²) >= 11 is 9.42. The van der Waals surface area contributed by atoms with Crippen molar-refractivity contribution in [3.63, 3.8) is 0 Å². The fourth-order valence-electron chi connectivity index (χ4n) is 1.24. The lowest BCUT2D eigenvalue weighted by atomic mass is 10.1. The normalized spacial score (nSPS) is 18.9. The van der Waals surface area contributed by atoms with Gasteiger partial charge in [-0.15, -0.1) is 0 Å². The third-order valence-corrected chi connectivity index (χ3v) is 2.87. The molecule has 1 unspecified atom stereocenters. The molecule has 1 aromatic rings. The third kappa shape index (κ3) is 1.49. The topological polar surface area (TPSA) is 39.4 Å². The van der Waals surface area contributed by atoms with Crippen LogP contribution in [0.3, 0.4) is 0 Å². The predicted octanol–water partition coefficient (Wildman–Crippen LogP) is 3.14. The molecule has 1 aliphatic heterocycles. The Morgan fingerprint density at radius 2 is 2.36 bits per heavy atom. The summed E-state index contributed by atoms with van der Waals surface area (Å²) in [5.74, 6) is 0. The van der Waals surface area contributed by atoms with Crippen LogP contribution in [0.15, 0.2) is 27.7 Å². The first-order chi connectivity index (χ1) is 6.72. The maximum absolute atomic E-state index is 8.74. The van der Waals surface area contributed by atoms with Gasteiger partial charge < -0.3 is 0 Å². The minimum Gasteiger partial charge on any atom is -0.247 e. The Balaban J connectivity index is 2.52. The molecule has 2 rings (SSSR count). The number of nitriles is 1. The number of hydrogen-bond donors (Lipinski definition) is 0. The van der Waals surface area contributed by atoms with Crippen molar-refractivity contribution < 1.29 is 0 Å². The van der Waals surface area contributed by atoms with Crippen LogP contribution in [0.4, 0.5) is 5.69 Å². The molecule has 1 aromatic carbocycles. The number of halogens is 2. The van der Waals surface area contributed by atoms with Crippen molar-refractivity contribution in [3.8, 4) is 6.19 Å². The molecule has 0 amide bonds. The Labute approximate surface area is 94.7 Å². The van der Waals surface area contributed by atoms with E-state index in [4.69, 9.17) is 16.9 Å². The molecule has 1 heterocycles. The van der Waals surface area contributed by atoms with Gasteiger partial charge in [0, 0.05) is 10.0 Å². The van der Waals surface area contributed by atoms with Gasteiger partial charge in [0.1, 0.15) is 11.8 Å². The molecule has 0 fully saturated rings. The lowest BCUT2D eigenvalue weighted by molar-refractivity contribution is 0.554. The second-order valence-corrected chi connectivity index (χ2v) is 4.12. The van der Waals surface area contributed by atoms with Gasteiger partial charge in [-0.2, -0.15) is 5.26 Å². The monoisotopic (exact) mass is 269 g/mol. The van der Waals surface area contributed by atoms with E-state index in [1.165, 1.54) is 11.2 Å². The molecule has 0 bridgehead atoms. The van der Waals surface area contributed by atoms with Crippen LogP contribution in [-0.4, -0.2) is 11.2 Å². The molecule has 0 N–H and O–H groups in total. The fraction of sp³-hybridized carbons (Fsp3) is 0.111. The van der Waals surface area contributed by atoms with E-state index >= 15 is 0 Å². The van der Waals surface area contributed by atoms with E-state index in [1.54, 1.807) is 0 Å². The Bertz CT molecular complexity index is 438. The van der Waals surface area contributed by atoms with Crippen molar-refractivity contribution in [3.05, 3.63) is 28.2 Å². The first kappa shape index (κ1) is 9.50. The summed E-state index contributed by atoms with van der Waals surface area (Å²) in [7, 11) is 0. The quantitative estimate of drug-likeness (QED) is 0.413. The fourth-order valence-corrected chi connectivity index (χ4v) is 1.89. The number of benzene rings is 1. The minimum atomic E-state index is -0.468. The predicted molar refractivity (Wildman–Crippen MR) is 58.3 cm³/mol. The number of alkyl halides is 1. The van der Waals surface area contributed by atoms with Crippen LogP contribution in [0.25, 0.3) is 0 Å². The number of rotatable bonds is 0. The van der Waals surface area contributed by atoms with Crippen LogP contribution in [0.2, 0.25) is 0 Å². The van der Waals surface area contributed by atoms with Crippen LogP contribution in [-0.2, 0) is 0 Å². The molecule has 1 aliphatic rings. The van der Waals surface area contributed by atoms with Gasteiger partial charge in [0.15, 0.2) is 6.19 Å². The molecule has 0 radical (unpaired) electrons. The number of hydrogen-bond acceptors (Lipinski definition) is 3. The van der Waals surface area contributed by atoms with Gasteiger partial charge >= 0.3 is 0 Å². The zero-order valence-corrected chi connectivity index (χ0v) is 9.33. The van der Waals surface area contributed by atoms with Gasteiger partial charge in [-0.3, -0.25) is 0 Å². The zero-order chi connectivity index (χ0) is 10.1. The average Bonchev–Trinajstić information content (AvgIpc) is 2.20. The van der Waals surface area contributed by atoms with Crippen LogP contribution >= 0.6 is 27.5 Å². The van der Waals surface area contributed by atoms with E-state index in [1.807, 2.05) is 24.4 Å². The summed E-state index contributed by atoms with van der Waals surface area (Å²) in [6.45, 7) is 0. The smallest absolute Gasteiger partial charge is 0.186 e. The van der Waals surface area contributed by atoms with Crippen LogP contribution < -0.4 is 0 Å². The lowest BCUT2D eigenvalue weighted by Crippen LogP contribution is -2.21. The van der Waals surface area contributed by atoms with E-state index in [2.05, 4.69) is 20.9 Å². The lowest BCUT2D eigenvalue weighted by Gasteiger charge is -2.22. The molecule has 0 saturated carbocycles. The summed E-state index contributed by atoms with van der Waals surface area (Å²) < 4.78 is 0.928. The van der Waals surface area contributed by atoms with E-state index in [0.29, 0.717) is 0 Å². The highest BCUT2D eigenvalue weighted by atomic mass is 79.9. The van der Waals surface area contributed by atoms with E-state index in [9.17, 15) is 0 Å². The van der Waals surface area contributed by atoms with Crippen molar-refractivity contribution in [1.82, 2.24) is 4.90 Å². The highest BCUT2D eigenvalue weighted by molar-refractivity contribution is 9.10. The van der Waals surface area contributed by atoms with Crippen molar-refractivity contribution in [2.24, 2.45) is 4.99 Å². The van der Waals surface area contributed by atoms with E-state index in [-0.39, 0.29) is 0 Å². The molecule has 1 atom stereocenters. The average molecular weight is 271 g/mol. The number of fused-ring (bicyclic) bond motifs is 1. The van der Waals surface area contributed by atoms with E-state index < -0.39 is 5.50 Å². The molecule has 0 saturated heterocycles. The SMILES string of the molecule is N#CN1C=Nc2ccc(Br)cc2C1Cl. The van der Waals surface area contributed by atoms with Gasteiger partial charge in [-0.25, -0.2) is 9.89 Å². The summed E-state index contributed by atoms with van der Waals surface area (Å²) in [6.07, 6.45) is 3.39. The summed E-state index contributed by atoms with van der Waals surface area (Å²) in [4.78, 5) is 5.41. The first-order valence-corrected chi connectivity index (χ1v) is 5.11. The standard InChI is InChI=1S/C9H5BrClN3/c10-6-1-2-8-7(3-6)9(11)14(4-12)5-13-8/h1-3,5,9H. The highest BCUT2D eigenvalue weighted by Gasteiger charge is 2.22. The Morgan fingerprint density at radius 3 is 3.07 bits per heavy atom. The van der Waals surface area contributed by atoms with Gasteiger partial charge in [0.05, 0.1) is 5.69 Å². The maximum Gasteiger partial charge on any atom is 0.186 e. The number of aliphatic imine (C=N–C) groups is 1. The molecule has 5 heteroatoms. The van der Waals surface area contributed by atoms with E-state index in [0.717, 1.165) is 15.7 Å². The molecule has 70 valence electrons. The zero-order valence-electron chi connectivity index (χ0n) is 6.98. The van der Waals surface area contributed by atoms with Gasteiger partial charge in [-0.05, 0) is 18.2 Å². The van der Waals surface area contributed by atoms with Gasteiger partial charge in [0.2, 0.25) is 0 Å². The second-order valence-electron chi connectivity index (χ2n) is 2.79. The van der Waals surface area contributed by atoms with Crippen molar-refractivity contribution >= 4 is 39.6 Å². The molecule has 3 nitrogen and oxygen atoms in total. The molecule has 0 aliphatic carbocycles. The molecule has 0 aromatic heterocycles.